The zero-order valence-corrected chi connectivity index (χ0v) is 9.72. The highest BCUT2D eigenvalue weighted by Crippen LogP contribution is 2.26. The van der Waals surface area contributed by atoms with Gasteiger partial charge in [0.1, 0.15) is 5.00 Å². The summed E-state index contributed by atoms with van der Waals surface area (Å²) < 4.78 is 3.79. The van der Waals surface area contributed by atoms with E-state index in [0.29, 0.717) is 0 Å². The number of nitrogens with one attached hydrogen (secondary N) is 1. The summed E-state index contributed by atoms with van der Waals surface area (Å²) in [6.45, 7) is 2.06. The van der Waals surface area contributed by atoms with Gasteiger partial charge in [-0.25, -0.2) is 0 Å². The fourth-order valence-corrected chi connectivity index (χ4v) is 2.15. The standard InChI is InChI=1S/C10H10ClN3S/c1-7(13-10-6-12-14-15-10)8-4-2-3-5-9(8)11/h2-7,13H,1H3. The van der Waals surface area contributed by atoms with Gasteiger partial charge in [0.25, 0.3) is 0 Å². The Morgan fingerprint density at radius 2 is 2.20 bits per heavy atom. The van der Waals surface area contributed by atoms with Crippen molar-refractivity contribution in [3.05, 3.63) is 41.0 Å². The summed E-state index contributed by atoms with van der Waals surface area (Å²) in [4.78, 5) is 0. The number of aromatic nitrogens is 2. The minimum atomic E-state index is 0.154. The van der Waals surface area contributed by atoms with Crippen LogP contribution in [0.25, 0.3) is 0 Å². The Labute approximate surface area is 97.3 Å². The number of rotatable bonds is 3. The zero-order chi connectivity index (χ0) is 10.7. The zero-order valence-electron chi connectivity index (χ0n) is 8.14. The van der Waals surface area contributed by atoms with Gasteiger partial charge in [0, 0.05) is 16.6 Å². The van der Waals surface area contributed by atoms with Gasteiger partial charge in [0.2, 0.25) is 0 Å². The number of benzene rings is 1. The first kappa shape index (κ1) is 10.4. The van der Waals surface area contributed by atoms with Crippen LogP contribution in [0.1, 0.15) is 18.5 Å². The van der Waals surface area contributed by atoms with Crippen LogP contribution in [0.3, 0.4) is 0 Å². The second-order valence-electron chi connectivity index (χ2n) is 3.17. The Morgan fingerprint density at radius 1 is 1.40 bits per heavy atom. The highest BCUT2D eigenvalue weighted by Gasteiger charge is 2.09. The largest absolute Gasteiger partial charge is 0.368 e. The van der Waals surface area contributed by atoms with Crippen LogP contribution in [-0.2, 0) is 0 Å². The molecule has 2 rings (SSSR count). The first-order valence-electron chi connectivity index (χ1n) is 4.55. The summed E-state index contributed by atoms with van der Waals surface area (Å²) >= 11 is 7.43. The number of anilines is 1. The summed E-state index contributed by atoms with van der Waals surface area (Å²) in [7, 11) is 0. The summed E-state index contributed by atoms with van der Waals surface area (Å²) in [6, 6.07) is 7.95. The van der Waals surface area contributed by atoms with E-state index in [1.165, 1.54) is 11.5 Å². The van der Waals surface area contributed by atoms with Gasteiger partial charge in [-0.2, -0.15) is 0 Å². The number of nitrogens with zero attached hydrogens (tertiary/aromatic N) is 2. The molecule has 0 spiro atoms. The number of hydrogen-bond donors (Lipinski definition) is 1. The van der Waals surface area contributed by atoms with Gasteiger partial charge in [-0.3, -0.25) is 0 Å². The third-order valence-electron chi connectivity index (χ3n) is 2.09. The average Bonchev–Trinajstić information content (AvgIpc) is 2.71. The first-order valence-corrected chi connectivity index (χ1v) is 5.71. The van der Waals surface area contributed by atoms with E-state index in [0.717, 1.165) is 15.6 Å². The van der Waals surface area contributed by atoms with Crippen molar-refractivity contribution >= 4 is 28.1 Å². The van der Waals surface area contributed by atoms with Crippen molar-refractivity contribution in [1.29, 1.82) is 0 Å². The van der Waals surface area contributed by atoms with Crippen LogP contribution in [0.2, 0.25) is 5.02 Å². The molecule has 3 nitrogen and oxygen atoms in total. The van der Waals surface area contributed by atoms with E-state index in [2.05, 4.69) is 21.8 Å². The van der Waals surface area contributed by atoms with E-state index in [1.54, 1.807) is 6.20 Å². The van der Waals surface area contributed by atoms with Gasteiger partial charge >= 0.3 is 0 Å². The Balaban J connectivity index is 2.15. The SMILES string of the molecule is CC(Nc1cnns1)c1ccccc1Cl. The predicted molar refractivity (Wildman–Crippen MR) is 63.4 cm³/mol. The van der Waals surface area contributed by atoms with Crippen LogP contribution in [0.4, 0.5) is 5.00 Å². The van der Waals surface area contributed by atoms with E-state index in [1.807, 2.05) is 24.3 Å². The van der Waals surface area contributed by atoms with Crippen molar-refractivity contribution in [1.82, 2.24) is 9.59 Å². The van der Waals surface area contributed by atoms with E-state index in [4.69, 9.17) is 11.6 Å². The van der Waals surface area contributed by atoms with Gasteiger partial charge < -0.3 is 5.32 Å². The lowest BCUT2D eigenvalue weighted by atomic mass is 10.1. The molecule has 15 heavy (non-hydrogen) atoms. The molecule has 0 radical (unpaired) electrons. The van der Waals surface area contributed by atoms with E-state index >= 15 is 0 Å². The predicted octanol–water partition coefficient (Wildman–Crippen LogP) is 3.36. The van der Waals surface area contributed by atoms with Crippen molar-refractivity contribution < 1.29 is 0 Å². The maximum absolute atomic E-state index is 6.09. The smallest absolute Gasteiger partial charge is 0.130 e. The summed E-state index contributed by atoms with van der Waals surface area (Å²) in [5.74, 6) is 0. The fraction of sp³-hybridized carbons (Fsp3) is 0.200. The minimum absolute atomic E-state index is 0.154. The molecular formula is C10H10ClN3S. The molecule has 0 saturated heterocycles. The molecule has 0 aliphatic rings. The molecule has 1 heterocycles. The average molecular weight is 240 g/mol. The summed E-state index contributed by atoms with van der Waals surface area (Å²) in [5, 5.41) is 8.77. The lowest BCUT2D eigenvalue weighted by Gasteiger charge is -2.14. The highest BCUT2D eigenvalue weighted by molar-refractivity contribution is 7.09. The van der Waals surface area contributed by atoms with E-state index in [9.17, 15) is 0 Å². The monoisotopic (exact) mass is 239 g/mol. The Kier molecular flexibility index (Phi) is 3.18. The third kappa shape index (κ3) is 2.46. The molecule has 0 fully saturated rings. The van der Waals surface area contributed by atoms with E-state index < -0.39 is 0 Å². The van der Waals surface area contributed by atoms with Crippen LogP contribution in [0.5, 0.6) is 0 Å². The van der Waals surface area contributed by atoms with Gasteiger partial charge in [-0.1, -0.05) is 34.3 Å². The molecule has 78 valence electrons. The summed E-state index contributed by atoms with van der Waals surface area (Å²) in [6.07, 6.45) is 1.71. The molecule has 1 aromatic carbocycles. The second kappa shape index (κ2) is 4.59. The molecule has 1 aromatic heterocycles. The molecule has 0 saturated carbocycles. The maximum Gasteiger partial charge on any atom is 0.130 e. The number of halogens is 1. The Morgan fingerprint density at radius 3 is 2.87 bits per heavy atom. The van der Waals surface area contributed by atoms with Crippen molar-refractivity contribution in [3.8, 4) is 0 Å². The van der Waals surface area contributed by atoms with E-state index in [-0.39, 0.29) is 6.04 Å². The normalized spacial score (nSPS) is 12.4. The lowest BCUT2D eigenvalue weighted by molar-refractivity contribution is 0.889. The third-order valence-corrected chi connectivity index (χ3v) is 3.03. The quantitative estimate of drug-likeness (QED) is 0.893. The lowest BCUT2D eigenvalue weighted by Crippen LogP contribution is -2.05. The molecule has 1 unspecified atom stereocenters. The van der Waals surface area contributed by atoms with Crippen molar-refractivity contribution in [3.63, 3.8) is 0 Å². The molecule has 2 aromatic rings. The molecular weight excluding hydrogens is 230 g/mol. The molecule has 5 heteroatoms. The van der Waals surface area contributed by atoms with Crippen molar-refractivity contribution in [2.24, 2.45) is 0 Å². The Hall–Kier alpha value is -1.13. The molecule has 1 atom stereocenters. The topological polar surface area (TPSA) is 37.8 Å². The highest BCUT2D eigenvalue weighted by atomic mass is 35.5. The molecule has 0 aliphatic carbocycles. The van der Waals surface area contributed by atoms with Crippen molar-refractivity contribution in [2.75, 3.05) is 5.32 Å². The minimum Gasteiger partial charge on any atom is -0.368 e. The van der Waals surface area contributed by atoms with Gasteiger partial charge in [-0.15, -0.1) is 5.10 Å². The first-order chi connectivity index (χ1) is 7.27. The van der Waals surface area contributed by atoms with Gasteiger partial charge in [0.15, 0.2) is 0 Å². The molecule has 1 N–H and O–H groups in total. The van der Waals surface area contributed by atoms with Crippen molar-refractivity contribution in [2.45, 2.75) is 13.0 Å². The fourth-order valence-electron chi connectivity index (χ4n) is 1.35. The second-order valence-corrected chi connectivity index (χ2v) is 4.36. The van der Waals surface area contributed by atoms with Crippen LogP contribution in [-0.4, -0.2) is 9.59 Å². The molecule has 0 aliphatic heterocycles. The number of hydrogen-bond acceptors (Lipinski definition) is 4. The summed E-state index contributed by atoms with van der Waals surface area (Å²) in [5.41, 5.74) is 1.08. The molecule has 0 amide bonds. The van der Waals surface area contributed by atoms with Gasteiger partial charge in [0.05, 0.1) is 12.2 Å². The molecule has 0 bridgehead atoms. The van der Waals surface area contributed by atoms with Crippen LogP contribution >= 0.6 is 23.1 Å². The van der Waals surface area contributed by atoms with Gasteiger partial charge in [-0.05, 0) is 18.6 Å². The maximum atomic E-state index is 6.09. The van der Waals surface area contributed by atoms with Crippen LogP contribution in [0.15, 0.2) is 30.5 Å². The Bertz CT molecular complexity index is 430. The van der Waals surface area contributed by atoms with Crippen LogP contribution < -0.4 is 5.32 Å². The van der Waals surface area contributed by atoms with Crippen LogP contribution in [0, 0.1) is 0 Å².